The first-order valence-corrected chi connectivity index (χ1v) is 7.61. The fourth-order valence-corrected chi connectivity index (χ4v) is 2.69. The molecule has 2 rings (SSSR count). The van der Waals surface area contributed by atoms with Crippen molar-refractivity contribution in [2.75, 3.05) is 38.6 Å². The van der Waals surface area contributed by atoms with E-state index >= 15 is 0 Å². The van der Waals surface area contributed by atoms with E-state index in [4.69, 9.17) is 4.74 Å². The highest BCUT2D eigenvalue weighted by Gasteiger charge is 2.19. The van der Waals surface area contributed by atoms with Gasteiger partial charge in [0.25, 0.3) is 0 Å². The van der Waals surface area contributed by atoms with Crippen LogP contribution in [0, 0.1) is 0 Å². The first kappa shape index (κ1) is 15.8. The molecular formula is C16H25N3O2. The van der Waals surface area contributed by atoms with Gasteiger partial charge in [0.1, 0.15) is 5.75 Å². The van der Waals surface area contributed by atoms with Crippen molar-refractivity contribution in [2.45, 2.75) is 25.8 Å². The normalized spacial score (nSPS) is 16.7. The van der Waals surface area contributed by atoms with E-state index in [1.54, 1.807) is 7.11 Å². The molecular weight excluding hydrogens is 266 g/mol. The van der Waals surface area contributed by atoms with Crippen molar-refractivity contribution in [2.24, 2.45) is 0 Å². The lowest BCUT2D eigenvalue weighted by atomic mass is 10.1. The Morgan fingerprint density at radius 1 is 1.38 bits per heavy atom. The molecule has 1 saturated heterocycles. The van der Waals surface area contributed by atoms with Crippen LogP contribution in [0.4, 0.5) is 5.69 Å². The highest BCUT2D eigenvalue weighted by molar-refractivity contribution is 5.92. The van der Waals surface area contributed by atoms with E-state index < -0.39 is 0 Å². The molecule has 1 aromatic rings. The second kappa shape index (κ2) is 8.00. The van der Waals surface area contributed by atoms with Crippen molar-refractivity contribution < 1.29 is 9.53 Å². The molecule has 5 nitrogen and oxygen atoms in total. The molecule has 1 aromatic carbocycles. The van der Waals surface area contributed by atoms with Crippen LogP contribution < -0.4 is 15.4 Å². The number of anilines is 1. The number of piperidine rings is 1. The van der Waals surface area contributed by atoms with Gasteiger partial charge >= 0.3 is 0 Å². The van der Waals surface area contributed by atoms with Crippen molar-refractivity contribution in [3.63, 3.8) is 0 Å². The Balaban J connectivity index is 1.77. The minimum absolute atomic E-state index is 0.0325. The van der Waals surface area contributed by atoms with Gasteiger partial charge in [0.15, 0.2) is 0 Å². The molecule has 0 bridgehead atoms. The molecule has 1 amide bonds. The van der Waals surface area contributed by atoms with Crippen LogP contribution >= 0.6 is 0 Å². The van der Waals surface area contributed by atoms with Gasteiger partial charge in [0, 0.05) is 30.9 Å². The summed E-state index contributed by atoms with van der Waals surface area (Å²) in [4.78, 5) is 14.3. The second-order valence-electron chi connectivity index (χ2n) is 5.39. The van der Waals surface area contributed by atoms with Gasteiger partial charge in [-0.3, -0.25) is 9.69 Å². The highest BCUT2D eigenvalue weighted by Crippen LogP contribution is 2.17. The molecule has 0 saturated carbocycles. The summed E-state index contributed by atoms with van der Waals surface area (Å²) in [5, 5.41) is 6.39. The molecule has 0 spiro atoms. The number of nitrogens with one attached hydrogen (secondary N) is 2. The number of rotatable bonds is 6. The van der Waals surface area contributed by atoms with E-state index in [0.717, 1.165) is 43.9 Å². The summed E-state index contributed by atoms with van der Waals surface area (Å²) in [7, 11) is 1.62. The molecule has 1 fully saturated rings. The summed E-state index contributed by atoms with van der Waals surface area (Å²) in [6, 6.07) is 8.04. The molecule has 0 atom stereocenters. The first-order chi connectivity index (χ1) is 10.2. The summed E-state index contributed by atoms with van der Waals surface area (Å²) < 4.78 is 5.15. The molecule has 2 N–H and O–H groups in total. The number of carbonyl (C=O) groups excluding carboxylic acids is 1. The van der Waals surface area contributed by atoms with Crippen molar-refractivity contribution in [1.29, 1.82) is 0 Å². The predicted octanol–water partition coefficient (Wildman–Crippen LogP) is 1.71. The summed E-state index contributed by atoms with van der Waals surface area (Å²) in [5.41, 5.74) is 0.780. The van der Waals surface area contributed by atoms with Crippen LogP contribution in [-0.4, -0.2) is 50.1 Å². The lowest BCUT2D eigenvalue weighted by Crippen LogP contribution is -2.44. The number of ether oxygens (including phenoxy) is 1. The Morgan fingerprint density at radius 3 is 2.81 bits per heavy atom. The molecule has 5 heteroatoms. The van der Waals surface area contributed by atoms with Gasteiger partial charge in [-0.25, -0.2) is 0 Å². The SMILES string of the molecule is CCNC1CCN(CC(=O)Nc2cccc(OC)c2)CC1. The Hall–Kier alpha value is -1.59. The number of hydrogen-bond donors (Lipinski definition) is 2. The Labute approximate surface area is 126 Å². The van der Waals surface area contributed by atoms with E-state index in [1.807, 2.05) is 24.3 Å². The third-order valence-corrected chi connectivity index (χ3v) is 3.80. The molecule has 1 aliphatic rings. The number of carbonyl (C=O) groups is 1. The van der Waals surface area contributed by atoms with Gasteiger partial charge < -0.3 is 15.4 Å². The smallest absolute Gasteiger partial charge is 0.238 e. The number of amides is 1. The van der Waals surface area contributed by atoms with Crippen LogP contribution in [0.3, 0.4) is 0 Å². The van der Waals surface area contributed by atoms with Gasteiger partial charge in [0.05, 0.1) is 13.7 Å². The maximum absolute atomic E-state index is 12.1. The topological polar surface area (TPSA) is 53.6 Å². The van der Waals surface area contributed by atoms with Gasteiger partial charge in [-0.15, -0.1) is 0 Å². The number of likely N-dealkylation sites (tertiary alicyclic amines) is 1. The van der Waals surface area contributed by atoms with E-state index in [0.29, 0.717) is 12.6 Å². The maximum Gasteiger partial charge on any atom is 0.238 e. The van der Waals surface area contributed by atoms with Gasteiger partial charge in [-0.05, 0) is 31.5 Å². The fourth-order valence-electron chi connectivity index (χ4n) is 2.69. The van der Waals surface area contributed by atoms with Crippen LogP contribution in [0.5, 0.6) is 5.75 Å². The predicted molar refractivity (Wildman–Crippen MR) is 84.8 cm³/mol. The molecule has 0 radical (unpaired) electrons. The lowest BCUT2D eigenvalue weighted by molar-refractivity contribution is -0.117. The molecule has 21 heavy (non-hydrogen) atoms. The lowest BCUT2D eigenvalue weighted by Gasteiger charge is -2.31. The van der Waals surface area contributed by atoms with Gasteiger partial charge in [-0.1, -0.05) is 13.0 Å². The standard InChI is InChI=1S/C16H25N3O2/c1-3-17-13-7-9-19(10-8-13)12-16(20)18-14-5-4-6-15(11-14)21-2/h4-6,11,13,17H,3,7-10,12H2,1-2H3,(H,18,20). The van der Waals surface area contributed by atoms with Crippen LogP contribution in [-0.2, 0) is 4.79 Å². The molecule has 1 aliphatic heterocycles. The second-order valence-corrected chi connectivity index (χ2v) is 5.39. The Morgan fingerprint density at radius 2 is 2.14 bits per heavy atom. The monoisotopic (exact) mass is 291 g/mol. The van der Waals surface area contributed by atoms with E-state index in [-0.39, 0.29) is 5.91 Å². The molecule has 1 heterocycles. The number of hydrogen-bond acceptors (Lipinski definition) is 4. The third-order valence-electron chi connectivity index (χ3n) is 3.80. The third kappa shape index (κ3) is 5.02. The largest absolute Gasteiger partial charge is 0.497 e. The van der Waals surface area contributed by atoms with Crippen LogP contribution in [0.1, 0.15) is 19.8 Å². The van der Waals surface area contributed by atoms with Crippen molar-refractivity contribution >= 4 is 11.6 Å². The fraction of sp³-hybridized carbons (Fsp3) is 0.562. The van der Waals surface area contributed by atoms with E-state index in [2.05, 4.69) is 22.5 Å². The van der Waals surface area contributed by atoms with Crippen molar-refractivity contribution in [1.82, 2.24) is 10.2 Å². The summed E-state index contributed by atoms with van der Waals surface area (Å²) in [5.74, 6) is 0.782. The number of methoxy groups -OCH3 is 1. The minimum Gasteiger partial charge on any atom is -0.497 e. The van der Waals surface area contributed by atoms with E-state index in [1.165, 1.54) is 0 Å². The molecule has 0 aliphatic carbocycles. The average Bonchev–Trinajstić information content (AvgIpc) is 2.49. The van der Waals surface area contributed by atoms with Gasteiger partial charge in [-0.2, -0.15) is 0 Å². The Kier molecular flexibility index (Phi) is 6.02. The number of benzene rings is 1. The maximum atomic E-state index is 12.1. The zero-order valence-corrected chi connectivity index (χ0v) is 12.9. The zero-order chi connectivity index (χ0) is 15.1. The number of nitrogens with zero attached hydrogens (tertiary/aromatic N) is 1. The van der Waals surface area contributed by atoms with Crippen molar-refractivity contribution in [3.05, 3.63) is 24.3 Å². The van der Waals surface area contributed by atoms with Crippen LogP contribution in [0.2, 0.25) is 0 Å². The summed E-state index contributed by atoms with van der Waals surface area (Å²) >= 11 is 0. The van der Waals surface area contributed by atoms with Crippen LogP contribution in [0.25, 0.3) is 0 Å². The first-order valence-electron chi connectivity index (χ1n) is 7.61. The highest BCUT2D eigenvalue weighted by atomic mass is 16.5. The Bertz CT molecular complexity index is 457. The zero-order valence-electron chi connectivity index (χ0n) is 12.9. The van der Waals surface area contributed by atoms with E-state index in [9.17, 15) is 4.79 Å². The quantitative estimate of drug-likeness (QED) is 0.838. The molecule has 0 aromatic heterocycles. The minimum atomic E-state index is 0.0325. The summed E-state index contributed by atoms with van der Waals surface area (Å²) in [6.45, 7) is 5.55. The average molecular weight is 291 g/mol. The summed E-state index contributed by atoms with van der Waals surface area (Å²) in [6.07, 6.45) is 2.22. The van der Waals surface area contributed by atoms with Crippen LogP contribution in [0.15, 0.2) is 24.3 Å². The molecule has 116 valence electrons. The molecule has 0 unspecified atom stereocenters. The van der Waals surface area contributed by atoms with Gasteiger partial charge in [0.2, 0.25) is 5.91 Å². The van der Waals surface area contributed by atoms with Crippen molar-refractivity contribution in [3.8, 4) is 5.75 Å².